The summed E-state index contributed by atoms with van der Waals surface area (Å²) in [7, 11) is 0. The van der Waals surface area contributed by atoms with Gasteiger partial charge in [-0.3, -0.25) is 4.90 Å². The minimum Gasteiger partial charge on any atom is -0.314 e. The summed E-state index contributed by atoms with van der Waals surface area (Å²) in [5, 5.41) is 3.33. The number of benzene rings is 1. The normalized spacial score (nSPS) is 16.5. The summed E-state index contributed by atoms with van der Waals surface area (Å²) in [6.45, 7) is 9.81. The fourth-order valence-electron chi connectivity index (χ4n) is 2.54. The van der Waals surface area contributed by atoms with Crippen molar-refractivity contribution in [1.29, 1.82) is 0 Å². The van der Waals surface area contributed by atoms with Crippen LogP contribution in [0.25, 0.3) is 0 Å². The summed E-state index contributed by atoms with van der Waals surface area (Å²) in [4.78, 5) is 2.34. The SMILES string of the molecule is C=C(C)C[C@@H](c1cccc(Br)c1F)N1CCNCC1.Cl.Cl. The minimum absolute atomic E-state index is 0. The zero-order valence-electron chi connectivity index (χ0n) is 12.1. The number of hydrogen-bond acceptors (Lipinski definition) is 2. The number of piperazine rings is 1. The lowest BCUT2D eigenvalue weighted by Crippen LogP contribution is -2.45. The van der Waals surface area contributed by atoms with Crippen molar-refractivity contribution in [3.05, 3.63) is 46.2 Å². The molecule has 1 fully saturated rings. The summed E-state index contributed by atoms with van der Waals surface area (Å²) in [6, 6.07) is 5.61. The molecule has 2 rings (SSSR count). The fraction of sp³-hybridized carbons (Fsp3) is 0.467. The van der Waals surface area contributed by atoms with Crippen molar-refractivity contribution < 1.29 is 4.39 Å². The van der Waals surface area contributed by atoms with Gasteiger partial charge in [0.2, 0.25) is 0 Å². The van der Waals surface area contributed by atoms with Gasteiger partial charge >= 0.3 is 0 Å². The molecule has 1 saturated heterocycles. The van der Waals surface area contributed by atoms with Crippen LogP contribution in [0.4, 0.5) is 4.39 Å². The van der Waals surface area contributed by atoms with E-state index in [9.17, 15) is 4.39 Å². The molecule has 1 N–H and O–H groups in total. The lowest BCUT2D eigenvalue weighted by Gasteiger charge is -2.35. The van der Waals surface area contributed by atoms with Gasteiger partial charge in [-0.1, -0.05) is 17.7 Å². The summed E-state index contributed by atoms with van der Waals surface area (Å²) in [5.41, 5.74) is 1.85. The van der Waals surface area contributed by atoms with E-state index in [0.717, 1.165) is 43.7 Å². The van der Waals surface area contributed by atoms with Crippen LogP contribution in [0.3, 0.4) is 0 Å². The fourth-order valence-corrected chi connectivity index (χ4v) is 2.92. The van der Waals surface area contributed by atoms with E-state index in [1.807, 2.05) is 19.1 Å². The maximum atomic E-state index is 14.3. The number of rotatable bonds is 4. The van der Waals surface area contributed by atoms with E-state index in [-0.39, 0.29) is 36.7 Å². The third-order valence-corrected chi connectivity index (χ3v) is 4.09. The quantitative estimate of drug-likeness (QED) is 0.757. The Labute approximate surface area is 147 Å². The molecular formula is C15H22BrCl2FN2. The van der Waals surface area contributed by atoms with Gasteiger partial charge in [-0.2, -0.15) is 0 Å². The molecule has 0 saturated carbocycles. The van der Waals surface area contributed by atoms with Crippen molar-refractivity contribution in [1.82, 2.24) is 10.2 Å². The molecule has 0 aliphatic carbocycles. The maximum absolute atomic E-state index is 14.3. The van der Waals surface area contributed by atoms with E-state index in [0.29, 0.717) is 4.47 Å². The van der Waals surface area contributed by atoms with Crippen molar-refractivity contribution >= 4 is 40.7 Å². The Kier molecular flexibility index (Phi) is 9.74. The molecule has 6 heteroatoms. The largest absolute Gasteiger partial charge is 0.314 e. The first kappa shape index (κ1) is 20.9. The van der Waals surface area contributed by atoms with Gasteiger partial charge in [0.05, 0.1) is 4.47 Å². The topological polar surface area (TPSA) is 15.3 Å². The van der Waals surface area contributed by atoms with Crippen LogP contribution >= 0.6 is 40.7 Å². The van der Waals surface area contributed by atoms with E-state index >= 15 is 0 Å². The Hall–Kier alpha value is -0.130. The van der Waals surface area contributed by atoms with Gasteiger partial charge < -0.3 is 5.32 Å². The molecule has 1 aliphatic rings. The molecule has 0 radical (unpaired) electrons. The molecule has 1 aromatic carbocycles. The molecule has 1 atom stereocenters. The molecule has 0 aromatic heterocycles. The average molecular weight is 400 g/mol. The molecule has 0 spiro atoms. The molecule has 0 unspecified atom stereocenters. The van der Waals surface area contributed by atoms with Crippen molar-refractivity contribution in [3.8, 4) is 0 Å². The first-order valence-electron chi connectivity index (χ1n) is 6.62. The summed E-state index contributed by atoms with van der Waals surface area (Å²) < 4.78 is 14.9. The van der Waals surface area contributed by atoms with Gasteiger partial charge in [-0.05, 0) is 35.3 Å². The van der Waals surface area contributed by atoms with Crippen molar-refractivity contribution in [2.45, 2.75) is 19.4 Å². The Morgan fingerprint density at radius 1 is 1.38 bits per heavy atom. The summed E-state index contributed by atoms with van der Waals surface area (Å²) in [5.74, 6) is -0.146. The maximum Gasteiger partial charge on any atom is 0.142 e. The standard InChI is InChI=1S/C15H20BrFN2.2ClH/c1-11(2)10-14(19-8-6-18-7-9-19)12-4-3-5-13(16)15(12)17;;/h3-5,14,18H,1,6-10H2,2H3;2*1H/t14-;;/m0../s1. The Balaban J connectivity index is 0.00000200. The van der Waals surface area contributed by atoms with Gasteiger partial charge in [-0.25, -0.2) is 4.39 Å². The monoisotopic (exact) mass is 398 g/mol. The predicted octanol–water partition coefficient (Wildman–Crippen LogP) is 4.34. The van der Waals surface area contributed by atoms with Gasteiger partial charge in [-0.15, -0.1) is 31.4 Å². The van der Waals surface area contributed by atoms with Crippen LogP contribution in [0.2, 0.25) is 0 Å². The number of hydrogen-bond donors (Lipinski definition) is 1. The van der Waals surface area contributed by atoms with Crippen LogP contribution < -0.4 is 5.32 Å². The van der Waals surface area contributed by atoms with Crippen LogP contribution in [0, 0.1) is 5.82 Å². The van der Waals surface area contributed by atoms with Crippen molar-refractivity contribution in [2.75, 3.05) is 26.2 Å². The van der Waals surface area contributed by atoms with E-state index in [2.05, 4.69) is 32.7 Å². The van der Waals surface area contributed by atoms with E-state index in [1.54, 1.807) is 6.07 Å². The molecule has 2 nitrogen and oxygen atoms in total. The lowest BCUT2D eigenvalue weighted by atomic mass is 9.97. The van der Waals surface area contributed by atoms with Crippen molar-refractivity contribution in [3.63, 3.8) is 0 Å². The van der Waals surface area contributed by atoms with Crippen LogP contribution in [0.5, 0.6) is 0 Å². The minimum atomic E-state index is -0.146. The van der Waals surface area contributed by atoms with Crippen LogP contribution in [0.15, 0.2) is 34.8 Å². The van der Waals surface area contributed by atoms with Gasteiger partial charge in [0, 0.05) is 37.8 Å². The van der Waals surface area contributed by atoms with E-state index in [1.165, 1.54) is 0 Å². The predicted molar refractivity (Wildman–Crippen MR) is 95.2 cm³/mol. The van der Waals surface area contributed by atoms with Gasteiger partial charge in [0.15, 0.2) is 0 Å². The van der Waals surface area contributed by atoms with Crippen molar-refractivity contribution in [2.24, 2.45) is 0 Å². The molecule has 0 bridgehead atoms. The van der Waals surface area contributed by atoms with E-state index in [4.69, 9.17) is 0 Å². The Morgan fingerprint density at radius 3 is 2.57 bits per heavy atom. The molecule has 1 heterocycles. The second-order valence-corrected chi connectivity index (χ2v) is 5.96. The third-order valence-electron chi connectivity index (χ3n) is 3.47. The smallest absolute Gasteiger partial charge is 0.142 e. The highest BCUT2D eigenvalue weighted by Crippen LogP contribution is 2.32. The average Bonchev–Trinajstić information content (AvgIpc) is 2.40. The molecule has 21 heavy (non-hydrogen) atoms. The van der Waals surface area contributed by atoms with Crippen LogP contribution in [0.1, 0.15) is 24.9 Å². The zero-order valence-corrected chi connectivity index (χ0v) is 15.3. The lowest BCUT2D eigenvalue weighted by molar-refractivity contribution is 0.169. The molecule has 0 amide bonds. The molecule has 120 valence electrons. The van der Waals surface area contributed by atoms with Gasteiger partial charge in [0.1, 0.15) is 5.82 Å². The second-order valence-electron chi connectivity index (χ2n) is 5.11. The van der Waals surface area contributed by atoms with Gasteiger partial charge in [0.25, 0.3) is 0 Å². The number of nitrogens with one attached hydrogen (secondary N) is 1. The Bertz CT molecular complexity index is 465. The van der Waals surface area contributed by atoms with E-state index < -0.39 is 0 Å². The highest BCUT2D eigenvalue weighted by Gasteiger charge is 2.25. The molecule has 1 aromatic rings. The Morgan fingerprint density at radius 2 is 2.00 bits per heavy atom. The van der Waals surface area contributed by atoms with Crippen LogP contribution in [-0.2, 0) is 0 Å². The number of halogens is 4. The summed E-state index contributed by atoms with van der Waals surface area (Å²) >= 11 is 3.28. The summed E-state index contributed by atoms with van der Waals surface area (Å²) in [6.07, 6.45) is 0.799. The second kappa shape index (κ2) is 9.80. The third kappa shape index (κ3) is 5.53. The number of nitrogens with zero attached hydrogens (tertiary/aromatic N) is 1. The molecule has 1 aliphatic heterocycles. The highest BCUT2D eigenvalue weighted by atomic mass is 79.9. The first-order valence-corrected chi connectivity index (χ1v) is 7.42. The zero-order chi connectivity index (χ0) is 13.8. The van der Waals surface area contributed by atoms with Crippen LogP contribution in [-0.4, -0.2) is 31.1 Å². The highest BCUT2D eigenvalue weighted by molar-refractivity contribution is 9.10. The molecular weight excluding hydrogens is 378 g/mol. The first-order chi connectivity index (χ1) is 9.09.